The standard InChI is InChI=1S/C13H20N2O3/c1-11(15-18-9-8-17-2)10-13(16)14-12-6-4-3-5-7-12/h3-7,11,15H,8-10H2,1-2H3,(H,14,16). The van der Waals surface area contributed by atoms with Gasteiger partial charge in [0, 0.05) is 25.3 Å². The van der Waals surface area contributed by atoms with Gasteiger partial charge in [0.05, 0.1) is 13.2 Å². The summed E-state index contributed by atoms with van der Waals surface area (Å²) in [6.45, 7) is 2.87. The number of para-hydroxylation sites is 1. The van der Waals surface area contributed by atoms with Crippen LogP contribution in [0.25, 0.3) is 0 Å². The number of carbonyl (C=O) groups is 1. The molecule has 1 amide bonds. The van der Waals surface area contributed by atoms with E-state index < -0.39 is 0 Å². The van der Waals surface area contributed by atoms with E-state index in [1.165, 1.54) is 0 Å². The molecule has 1 unspecified atom stereocenters. The fourth-order valence-electron chi connectivity index (χ4n) is 1.38. The maximum absolute atomic E-state index is 11.7. The van der Waals surface area contributed by atoms with Gasteiger partial charge in [-0.25, -0.2) is 0 Å². The summed E-state index contributed by atoms with van der Waals surface area (Å²) in [5.41, 5.74) is 3.59. The molecular weight excluding hydrogens is 232 g/mol. The van der Waals surface area contributed by atoms with Crippen molar-refractivity contribution in [3.05, 3.63) is 30.3 Å². The van der Waals surface area contributed by atoms with Gasteiger partial charge in [-0.1, -0.05) is 18.2 Å². The van der Waals surface area contributed by atoms with E-state index in [2.05, 4.69) is 10.8 Å². The molecule has 0 aliphatic carbocycles. The predicted octanol–water partition coefficient (Wildman–Crippen LogP) is 1.57. The summed E-state index contributed by atoms with van der Waals surface area (Å²) in [6.07, 6.45) is 0.349. The van der Waals surface area contributed by atoms with Gasteiger partial charge in [0.2, 0.25) is 5.91 Å². The molecule has 0 saturated carbocycles. The van der Waals surface area contributed by atoms with E-state index in [9.17, 15) is 4.79 Å². The molecule has 1 rings (SSSR count). The Hall–Kier alpha value is -1.43. The topological polar surface area (TPSA) is 59.6 Å². The van der Waals surface area contributed by atoms with Crippen LogP contribution >= 0.6 is 0 Å². The second-order valence-electron chi connectivity index (χ2n) is 3.98. The van der Waals surface area contributed by atoms with Crippen molar-refractivity contribution in [3.63, 3.8) is 0 Å². The van der Waals surface area contributed by atoms with Gasteiger partial charge in [-0.05, 0) is 19.1 Å². The molecule has 0 aliphatic heterocycles. The van der Waals surface area contributed by atoms with Gasteiger partial charge in [-0.3, -0.25) is 9.63 Å². The molecule has 0 spiro atoms. The smallest absolute Gasteiger partial charge is 0.226 e. The van der Waals surface area contributed by atoms with Crippen molar-refractivity contribution in [1.29, 1.82) is 0 Å². The van der Waals surface area contributed by atoms with E-state index >= 15 is 0 Å². The molecule has 1 aromatic carbocycles. The molecule has 0 aliphatic rings. The number of hydroxylamine groups is 1. The van der Waals surface area contributed by atoms with Crippen LogP contribution in [0, 0.1) is 0 Å². The number of methoxy groups -OCH3 is 1. The molecule has 5 heteroatoms. The molecular formula is C13H20N2O3. The highest BCUT2D eigenvalue weighted by Gasteiger charge is 2.08. The number of amides is 1. The van der Waals surface area contributed by atoms with E-state index in [1.54, 1.807) is 7.11 Å². The molecule has 100 valence electrons. The summed E-state index contributed by atoms with van der Waals surface area (Å²) >= 11 is 0. The lowest BCUT2D eigenvalue weighted by Crippen LogP contribution is -2.31. The highest BCUT2D eigenvalue weighted by atomic mass is 16.7. The van der Waals surface area contributed by atoms with Crippen molar-refractivity contribution in [2.75, 3.05) is 25.6 Å². The third-order valence-electron chi connectivity index (χ3n) is 2.22. The number of anilines is 1. The van der Waals surface area contributed by atoms with Crippen LogP contribution in [0.1, 0.15) is 13.3 Å². The lowest BCUT2D eigenvalue weighted by molar-refractivity contribution is -0.117. The third kappa shape index (κ3) is 6.34. The average molecular weight is 252 g/mol. The van der Waals surface area contributed by atoms with Crippen LogP contribution in [0.2, 0.25) is 0 Å². The van der Waals surface area contributed by atoms with Gasteiger partial charge in [0.1, 0.15) is 0 Å². The molecule has 1 atom stereocenters. The van der Waals surface area contributed by atoms with Crippen LogP contribution in [0.5, 0.6) is 0 Å². The number of hydrogen-bond donors (Lipinski definition) is 2. The average Bonchev–Trinajstić information content (AvgIpc) is 2.35. The molecule has 0 radical (unpaired) electrons. The number of ether oxygens (including phenoxy) is 1. The minimum Gasteiger partial charge on any atom is -0.382 e. The minimum absolute atomic E-state index is 0.0449. The van der Waals surface area contributed by atoms with Gasteiger partial charge in [-0.15, -0.1) is 0 Å². The molecule has 2 N–H and O–H groups in total. The molecule has 0 aromatic heterocycles. The minimum atomic E-state index is -0.0504. The van der Waals surface area contributed by atoms with Crippen LogP contribution in [-0.4, -0.2) is 32.3 Å². The highest BCUT2D eigenvalue weighted by Crippen LogP contribution is 2.06. The Labute approximate surface area is 107 Å². The first-order valence-electron chi connectivity index (χ1n) is 5.93. The van der Waals surface area contributed by atoms with E-state index in [4.69, 9.17) is 9.57 Å². The van der Waals surface area contributed by atoms with Gasteiger partial charge in [0.15, 0.2) is 0 Å². The van der Waals surface area contributed by atoms with E-state index in [-0.39, 0.29) is 11.9 Å². The van der Waals surface area contributed by atoms with Crippen LogP contribution in [-0.2, 0) is 14.4 Å². The van der Waals surface area contributed by atoms with Crippen LogP contribution in [0.3, 0.4) is 0 Å². The van der Waals surface area contributed by atoms with Gasteiger partial charge in [0.25, 0.3) is 0 Å². The van der Waals surface area contributed by atoms with Crippen molar-refractivity contribution in [1.82, 2.24) is 5.48 Å². The normalized spacial score (nSPS) is 12.1. The van der Waals surface area contributed by atoms with Crippen molar-refractivity contribution in [3.8, 4) is 0 Å². The first kappa shape index (κ1) is 14.6. The summed E-state index contributed by atoms with van der Waals surface area (Å²) in [5, 5.41) is 2.82. The van der Waals surface area contributed by atoms with E-state index in [0.717, 1.165) is 5.69 Å². The summed E-state index contributed by atoms with van der Waals surface area (Å²) in [6, 6.07) is 9.32. The fourth-order valence-corrected chi connectivity index (χ4v) is 1.38. The second kappa shape index (κ2) is 8.63. The van der Waals surface area contributed by atoms with E-state index in [1.807, 2.05) is 37.3 Å². The summed E-state index contributed by atoms with van der Waals surface area (Å²) in [7, 11) is 1.61. The van der Waals surface area contributed by atoms with Crippen LogP contribution < -0.4 is 10.8 Å². The number of nitrogens with one attached hydrogen (secondary N) is 2. The zero-order valence-corrected chi connectivity index (χ0v) is 10.8. The van der Waals surface area contributed by atoms with Crippen LogP contribution in [0.15, 0.2) is 30.3 Å². The zero-order chi connectivity index (χ0) is 13.2. The predicted molar refractivity (Wildman–Crippen MR) is 70.1 cm³/mol. The molecule has 0 bridgehead atoms. The summed E-state index contributed by atoms with van der Waals surface area (Å²) < 4.78 is 4.84. The fraction of sp³-hybridized carbons (Fsp3) is 0.462. The maximum Gasteiger partial charge on any atom is 0.226 e. The Balaban J connectivity index is 2.19. The number of rotatable bonds is 8. The third-order valence-corrected chi connectivity index (χ3v) is 2.22. The van der Waals surface area contributed by atoms with Crippen molar-refractivity contribution < 1.29 is 14.4 Å². The Bertz CT molecular complexity index is 343. The lowest BCUT2D eigenvalue weighted by atomic mass is 10.2. The zero-order valence-electron chi connectivity index (χ0n) is 10.8. The molecule has 0 fully saturated rings. The van der Waals surface area contributed by atoms with Crippen molar-refractivity contribution in [2.24, 2.45) is 0 Å². The monoisotopic (exact) mass is 252 g/mol. The summed E-state index contributed by atoms with van der Waals surface area (Å²) in [4.78, 5) is 16.8. The number of carbonyl (C=O) groups excluding carboxylic acids is 1. The first-order valence-corrected chi connectivity index (χ1v) is 5.93. The Morgan fingerprint density at radius 3 is 2.67 bits per heavy atom. The summed E-state index contributed by atoms with van der Waals surface area (Å²) in [5.74, 6) is -0.0449. The lowest BCUT2D eigenvalue weighted by Gasteiger charge is -2.13. The van der Waals surface area contributed by atoms with Gasteiger partial charge < -0.3 is 10.1 Å². The number of hydrogen-bond acceptors (Lipinski definition) is 4. The van der Waals surface area contributed by atoms with Gasteiger partial charge >= 0.3 is 0 Å². The van der Waals surface area contributed by atoms with Gasteiger partial charge in [-0.2, -0.15) is 5.48 Å². The highest BCUT2D eigenvalue weighted by molar-refractivity contribution is 5.90. The molecule has 5 nitrogen and oxygen atoms in total. The molecule has 0 heterocycles. The SMILES string of the molecule is COCCONC(C)CC(=O)Nc1ccccc1. The Morgan fingerprint density at radius 1 is 1.28 bits per heavy atom. The molecule has 0 saturated heterocycles. The van der Waals surface area contributed by atoms with Crippen molar-refractivity contribution in [2.45, 2.75) is 19.4 Å². The quantitative estimate of drug-likeness (QED) is 0.544. The van der Waals surface area contributed by atoms with Crippen molar-refractivity contribution >= 4 is 11.6 Å². The largest absolute Gasteiger partial charge is 0.382 e. The molecule has 1 aromatic rings. The van der Waals surface area contributed by atoms with Crippen LogP contribution in [0.4, 0.5) is 5.69 Å². The Kier molecular flexibility index (Phi) is 7.01. The molecule has 18 heavy (non-hydrogen) atoms. The Morgan fingerprint density at radius 2 is 2.00 bits per heavy atom. The number of benzene rings is 1. The first-order chi connectivity index (χ1) is 8.72. The van der Waals surface area contributed by atoms with E-state index in [0.29, 0.717) is 19.6 Å². The maximum atomic E-state index is 11.7. The second-order valence-corrected chi connectivity index (χ2v) is 3.98.